The topological polar surface area (TPSA) is 64.6 Å². The maximum atomic E-state index is 10.7. The summed E-state index contributed by atoms with van der Waals surface area (Å²) in [5.74, 6) is -0.883. The molecule has 15 heavy (non-hydrogen) atoms. The molecule has 0 atom stereocenters. The van der Waals surface area contributed by atoms with E-state index in [0.717, 1.165) is 17.0 Å². The van der Waals surface area contributed by atoms with Gasteiger partial charge in [0.15, 0.2) is 0 Å². The van der Waals surface area contributed by atoms with Crippen molar-refractivity contribution >= 4 is 23.0 Å². The molecule has 0 unspecified atom stereocenters. The van der Waals surface area contributed by atoms with E-state index >= 15 is 0 Å². The van der Waals surface area contributed by atoms with Gasteiger partial charge in [0.2, 0.25) is 0 Å². The smallest absolute Gasteiger partial charge is 0.345 e. The van der Waals surface area contributed by atoms with Gasteiger partial charge in [-0.25, -0.2) is 4.79 Å². The summed E-state index contributed by atoms with van der Waals surface area (Å²) in [6, 6.07) is 1.68. The summed E-state index contributed by atoms with van der Waals surface area (Å²) in [5.41, 5.74) is 8.75. The Morgan fingerprint density at radius 1 is 1.60 bits per heavy atom. The molecule has 0 saturated heterocycles. The highest BCUT2D eigenvalue weighted by atomic mass is 32.1. The van der Waals surface area contributed by atoms with Crippen molar-refractivity contribution in [2.75, 3.05) is 7.05 Å². The Hall–Kier alpha value is -1.53. The van der Waals surface area contributed by atoms with E-state index in [-0.39, 0.29) is 0 Å². The second-order valence-corrected chi connectivity index (χ2v) is 4.19. The first kappa shape index (κ1) is 10.0. The highest BCUT2D eigenvalue weighted by Crippen LogP contribution is 2.26. The minimum atomic E-state index is -0.883. The molecule has 5 nitrogen and oxygen atoms in total. The predicted octanol–water partition coefficient (Wildman–Crippen LogP) is 1.09. The molecule has 0 radical (unpaired) electrons. The van der Waals surface area contributed by atoms with Crippen molar-refractivity contribution < 1.29 is 9.90 Å². The molecule has 0 saturated carbocycles. The Bertz CT molecular complexity index is 438. The Morgan fingerprint density at radius 2 is 2.33 bits per heavy atom. The SMILES string of the molecule is CC1=C(c2csc(C(=O)O)c2)N(C)NN1. The Balaban J connectivity index is 2.37. The van der Waals surface area contributed by atoms with Gasteiger partial charge in [0.1, 0.15) is 4.88 Å². The zero-order valence-corrected chi connectivity index (χ0v) is 9.18. The molecular formula is C9H11N3O2S. The molecule has 2 rings (SSSR count). The second-order valence-electron chi connectivity index (χ2n) is 3.27. The van der Waals surface area contributed by atoms with Crippen LogP contribution in [0, 0.1) is 0 Å². The Kier molecular flexibility index (Phi) is 2.37. The summed E-state index contributed by atoms with van der Waals surface area (Å²) < 4.78 is 0. The fraction of sp³-hybridized carbons (Fsp3) is 0.222. The number of nitrogens with one attached hydrogen (secondary N) is 2. The number of hydrazine groups is 2. The van der Waals surface area contributed by atoms with Crippen LogP contribution in [0.3, 0.4) is 0 Å². The average molecular weight is 225 g/mol. The van der Waals surface area contributed by atoms with Crippen molar-refractivity contribution in [2.24, 2.45) is 0 Å². The third-order valence-electron chi connectivity index (χ3n) is 2.19. The largest absolute Gasteiger partial charge is 0.477 e. The van der Waals surface area contributed by atoms with Crippen molar-refractivity contribution in [2.45, 2.75) is 6.92 Å². The van der Waals surface area contributed by atoms with Gasteiger partial charge >= 0.3 is 5.97 Å². The van der Waals surface area contributed by atoms with Gasteiger partial charge in [-0.3, -0.25) is 5.01 Å². The van der Waals surface area contributed by atoms with Crippen LogP contribution in [0.2, 0.25) is 0 Å². The lowest BCUT2D eigenvalue weighted by Gasteiger charge is -2.13. The van der Waals surface area contributed by atoms with E-state index < -0.39 is 5.97 Å². The molecule has 0 spiro atoms. The molecule has 80 valence electrons. The lowest BCUT2D eigenvalue weighted by molar-refractivity contribution is 0.0702. The number of nitrogens with zero attached hydrogens (tertiary/aromatic N) is 1. The fourth-order valence-corrected chi connectivity index (χ4v) is 2.25. The van der Waals surface area contributed by atoms with Crippen molar-refractivity contribution in [3.8, 4) is 0 Å². The van der Waals surface area contributed by atoms with Gasteiger partial charge in [0, 0.05) is 18.0 Å². The number of thiophene rings is 1. The summed E-state index contributed by atoms with van der Waals surface area (Å²) in [5, 5.41) is 12.5. The number of allylic oxidation sites excluding steroid dienone is 1. The van der Waals surface area contributed by atoms with Gasteiger partial charge in [-0.15, -0.1) is 16.9 Å². The fourth-order valence-electron chi connectivity index (χ4n) is 1.52. The van der Waals surface area contributed by atoms with E-state index in [1.807, 2.05) is 24.4 Å². The van der Waals surface area contributed by atoms with Gasteiger partial charge < -0.3 is 10.5 Å². The lowest BCUT2D eigenvalue weighted by Crippen LogP contribution is -2.34. The van der Waals surface area contributed by atoms with Crippen LogP contribution >= 0.6 is 11.3 Å². The lowest BCUT2D eigenvalue weighted by atomic mass is 10.2. The van der Waals surface area contributed by atoms with Gasteiger partial charge in [0.05, 0.1) is 11.4 Å². The molecule has 0 aromatic carbocycles. The molecule has 0 amide bonds. The van der Waals surface area contributed by atoms with E-state index in [2.05, 4.69) is 11.0 Å². The number of carbonyl (C=O) groups is 1. The second kappa shape index (κ2) is 3.56. The molecule has 0 fully saturated rings. The van der Waals surface area contributed by atoms with E-state index in [4.69, 9.17) is 5.11 Å². The maximum absolute atomic E-state index is 10.7. The van der Waals surface area contributed by atoms with Gasteiger partial charge in [-0.05, 0) is 13.0 Å². The monoisotopic (exact) mass is 225 g/mol. The standard InChI is InChI=1S/C9H11N3O2S/c1-5-8(12(2)11-10-5)6-3-7(9(13)14)15-4-6/h3-4,10-11H,1-2H3,(H,13,14). The third-order valence-corrected chi connectivity index (χ3v) is 3.10. The quantitative estimate of drug-likeness (QED) is 0.703. The van der Waals surface area contributed by atoms with Crippen LogP contribution < -0.4 is 11.0 Å². The highest BCUT2D eigenvalue weighted by Gasteiger charge is 2.19. The van der Waals surface area contributed by atoms with Gasteiger partial charge in [0.25, 0.3) is 0 Å². The van der Waals surface area contributed by atoms with Crippen LogP contribution in [0.1, 0.15) is 22.2 Å². The molecule has 1 aliphatic rings. The molecule has 0 bridgehead atoms. The average Bonchev–Trinajstić information content (AvgIpc) is 2.73. The van der Waals surface area contributed by atoms with Crippen LogP contribution in [0.4, 0.5) is 0 Å². The van der Waals surface area contributed by atoms with Crippen LogP contribution in [0.25, 0.3) is 5.70 Å². The van der Waals surface area contributed by atoms with Crippen LogP contribution in [-0.2, 0) is 0 Å². The molecule has 1 aromatic rings. The maximum Gasteiger partial charge on any atom is 0.345 e. The molecule has 0 aliphatic carbocycles. The normalized spacial score (nSPS) is 15.7. The summed E-state index contributed by atoms with van der Waals surface area (Å²) in [7, 11) is 1.87. The Morgan fingerprint density at radius 3 is 2.80 bits per heavy atom. The first-order valence-corrected chi connectivity index (χ1v) is 5.26. The summed E-state index contributed by atoms with van der Waals surface area (Å²) in [6.45, 7) is 1.93. The molecule has 2 heterocycles. The third kappa shape index (κ3) is 1.69. The van der Waals surface area contributed by atoms with Gasteiger partial charge in [-0.2, -0.15) is 0 Å². The number of hydrogen-bond donors (Lipinski definition) is 3. The first-order chi connectivity index (χ1) is 7.09. The molecule has 1 aromatic heterocycles. The minimum absolute atomic E-state index is 0.352. The van der Waals surface area contributed by atoms with Crippen molar-refractivity contribution in [1.82, 2.24) is 16.0 Å². The summed E-state index contributed by atoms with van der Waals surface area (Å²) >= 11 is 1.23. The van der Waals surface area contributed by atoms with Crippen molar-refractivity contribution in [3.63, 3.8) is 0 Å². The Labute approximate surface area is 91.0 Å². The van der Waals surface area contributed by atoms with Gasteiger partial charge in [-0.1, -0.05) is 0 Å². The first-order valence-electron chi connectivity index (χ1n) is 4.38. The molecule has 1 aliphatic heterocycles. The molecule has 3 N–H and O–H groups in total. The highest BCUT2D eigenvalue weighted by molar-refractivity contribution is 7.12. The van der Waals surface area contributed by atoms with Crippen LogP contribution in [0.5, 0.6) is 0 Å². The number of aromatic carboxylic acids is 1. The van der Waals surface area contributed by atoms with E-state index in [9.17, 15) is 4.79 Å². The summed E-state index contributed by atoms with van der Waals surface area (Å²) in [4.78, 5) is 11.1. The minimum Gasteiger partial charge on any atom is -0.477 e. The molecular weight excluding hydrogens is 214 g/mol. The van der Waals surface area contributed by atoms with Crippen molar-refractivity contribution in [3.05, 3.63) is 27.6 Å². The zero-order valence-electron chi connectivity index (χ0n) is 8.37. The summed E-state index contributed by atoms with van der Waals surface area (Å²) in [6.07, 6.45) is 0. The van der Waals surface area contributed by atoms with Crippen LogP contribution in [0.15, 0.2) is 17.1 Å². The predicted molar refractivity (Wildman–Crippen MR) is 57.9 cm³/mol. The van der Waals surface area contributed by atoms with Crippen LogP contribution in [-0.4, -0.2) is 23.1 Å². The number of hydrogen-bond acceptors (Lipinski definition) is 5. The van der Waals surface area contributed by atoms with E-state index in [1.54, 1.807) is 6.07 Å². The number of rotatable bonds is 2. The van der Waals surface area contributed by atoms with E-state index in [1.165, 1.54) is 11.3 Å². The number of carboxylic acid groups (broad SMARTS) is 1. The number of carboxylic acids is 1. The zero-order chi connectivity index (χ0) is 11.0. The van der Waals surface area contributed by atoms with Crippen molar-refractivity contribution in [1.29, 1.82) is 0 Å². The van der Waals surface area contributed by atoms with E-state index in [0.29, 0.717) is 4.88 Å². The molecule has 6 heteroatoms.